The number of carbonyl (C=O) groups is 1. The summed E-state index contributed by atoms with van der Waals surface area (Å²) < 4.78 is 22.3. The van der Waals surface area contributed by atoms with Crippen LogP contribution in [0.25, 0.3) is 0 Å². The van der Waals surface area contributed by atoms with Crippen molar-refractivity contribution >= 4 is 5.91 Å². The zero-order valence-corrected chi connectivity index (χ0v) is 17.2. The summed E-state index contributed by atoms with van der Waals surface area (Å²) in [5.41, 5.74) is 0.975. The maximum absolute atomic E-state index is 13.2. The third kappa shape index (κ3) is 4.13. The van der Waals surface area contributed by atoms with Gasteiger partial charge in [-0.2, -0.15) is 0 Å². The Hall–Kier alpha value is -3.41. The first kappa shape index (κ1) is 19.9. The van der Waals surface area contributed by atoms with E-state index in [1.807, 2.05) is 53.4 Å². The van der Waals surface area contributed by atoms with Crippen molar-refractivity contribution in [1.29, 1.82) is 0 Å². The molecule has 1 aliphatic heterocycles. The Kier molecular flexibility index (Phi) is 5.93. The predicted molar refractivity (Wildman–Crippen MR) is 112 cm³/mol. The second-order valence-electron chi connectivity index (χ2n) is 7.13. The van der Waals surface area contributed by atoms with Crippen molar-refractivity contribution in [2.75, 3.05) is 20.8 Å². The summed E-state index contributed by atoms with van der Waals surface area (Å²) in [5, 5.41) is 0. The fraction of sp³-hybridized carbons (Fsp3) is 0.292. The summed E-state index contributed by atoms with van der Waals surface area (Å²) in [6, 6.07) is 18.7. The molecule has 0 radical (unpaired) electrons. The number of para-hydroxylation sites is 1. The highest BCUT2D eigenvalue weighted by Gasteiger charge is 2.33. The number of hydrogen-bond donors (Lipinski definition) is 0. The number of furan rings is 1. The molecule has 0 saturated carbocycles. The van der Waals surface area contributed by atoms with E-state index >= 15 is 0 Å². The summed E-state index contributed by atoms with van der Waals surface area (Å²) in [4.78, 5) is 15.0. The van der Waals surface area contributed by atoms with Gasteiger partial charge in [-0.15, -0.1) is 0 Å². The molecule has 6 heteroatoms. The van der Waals surface area contributed by atoms with Crippen LogP contribution in [0, 0.1) is 0 Å². The van der Waals surface area contributed by atoms with Gasteiger partial charge < -0.3 is 23.5 Å². The zero-order valence-electron chi connectivity index (χ0n) is 17.2. The van der Waals surface area contributed by atoms with E-state index in [9.17, 15) is 4.79 Å². The topological polar surface area (TPSA) is 61.1 Å². The number of benzene rings is 2. The number of carbonyl (C=O) groups excluding carboxylic acids is 1. The van der Waals surface area contributed by atoms with E-state index in [0.29, 0.717) is 18.1 Å². The Bertz CT molecular complexity index is 998. The lowest BCUT2D eigenvalue weighted by molar-refractivity contribution is 0.0697. The van der Waals surface area contributed by atoms with Crippen LogP contribution >= 0.6 is 0 Å². The Balaban J connectivity index is 1.48. The van der Waals surface area contributed by atoms with Crippen LogP contribution in [0.3, 0.4) is 0 Å². The maximum atomic E-state index is 13.2. The minimum absolute atomic E-state index is 0.0625. The predicted octanol–water partition coefficient (Wildman–Crippen LogP) is 4.85. The molecule has 4 rings (SSSR count). The fourth-order valence-corrected chi connectivity index (χ4v) is 3.81. The monoisotopic (exact) mass is 407 g/mol. The molecule has 0 aliphatic carbocycles. The van der Waals surface area contributed by atoms with E-state index in [-0.39, 0.29) is 18.6 Å². The third-order valence-electron chi connectivity index (χ3n) is 5.31. The van der Waals surface area contributed by atoms with Gasteiger partial charge in [-0.1, -0.05) is 18.2 Å². The van der Waals surface area contributed by atoms with Crippen molar-refractivity contribution in [2.45, 2.75) is 25.5 Å². The van der Waals surface area contributed by atoms with Crippen molar-refractivity contribution in [3.63, 3.8) is 0 Å². The van der Waals surface area contributed by atoms with Gasteiger partial charge in [0, 0.05) is 18.2 Å². The van der Waals surface area contributed by atoms with Crippen LogP contribution in [0.4, 0.5) is 0 Å². The minimum atomic E-state index is -0.124. The molecule has 1 fully saturated rings. The number of likely N-dealkylation sites (tertiary alicyclic amines) is 1. The average molecular weight is 407 g/mol. The highest BCUT2D eigenvalue weighted by molar-refractivity contribution is 5.92. The van der Waals surface area contributed by atoms with Crippen LogP contribution in [0.15, 0.2) is 65.1 Å². The van der Waals surface area contributed by atoms with E-state index in [2.05, 4.69) is 0 Å². The molecule has 0 spiro atoms. The van der Waals surface area contributed by atoms with Gasteiger partial charge in [-0.3, -0.25) is 4.79 Å². The molecule has 1 aliphatic rings. The van der Waals surface area contributed by atoms with Crippen molar-refractivity contribution in [2.24, 2.45) is 0 Å². The molecule has 1 saturated heterocycles. The highest BCUT2D eigenvalue weighted by atomic mass is 16.5. The number of ether oxygens (including phenoxy) is 3. The van der Waals surface area contributed by atoms with Gasteiger partial charge in [0.1, 0.15) is 29.6 Å². The van der Waals surface area contributed by atoms with Gasteiger partial charge in [0.25, 0.3) is 5.91 Å². The van der Waals surface area contributed by atoms with E-state index in [1.165, 1.54) is 0 Å². The van der Waals surface area contributed by atoms with Gasteiger partial charge in [-0.25, -0.2) is 0 Å². The molecular weight excluding hydrogens is 382 g/mol. The van der Waals surface area contributed by atoms with Crippen molar-refractivity contribution < 1.29 is 23.4 Å². The summed E-state index contributed by atoms with van der Waals surface area (Å²) in [6.07, 6.45) is 1.80. The number of amides is 1. The summed E-state index contributed by atoms with van der Waals surface area (Å²) >= 11 is 0. The van der Waals surface area contributed by atoms with Crippen LogP contribution in [-0.2, 0) is 6.61 Å². The molecule has 6 nitrogen and oxygen atoms in total. The summed E-state index contributed by atoms with van der Waals surface area (Å²) in [6.45, 7) is 0.947. The van der Waals surface area contributed by atoms with Crippen LogP contribution in [0.5, 0.6) is 17.2 Å². The number of nitrogens with zero attached hydrogens (tertiary/aromatic N) is 1. The van der Waals surface area contributed by atoms with Crippen molar-refractivity contribution in [3.8, 4) is 17.2 Å². The largest absolute Gasteiger partial charge is 0.497 e. The molecule has 156 valence electrons. The summed E-state index contributed by atoms with van der Waals surface area (Å²) in [5.74, 6) is 3.01. The first-order valence-electron chi connectivity index (χ1n) is 9.99. The third-order valence-corrected chi connectivity index (χ3v) is 5.31. The van der Waals surface area contributed by atoms with Crippen molar-refractivity contribution in [3.05, 3.63) is 77.7 Å². The maximum Gasteiger partial charge on any atom is 0.290 e. The quantitative estimate of drug-likeness (QED) is 0.560. The molecular formula is C24H25NO5. The normalized spacial score (nSPS) is 15.8. The van der Waals surface area contributed by atoms with E-state index < -0.39 is 0 Å². The first-order valence-corrected chi connectivity index (χ1v) is 9.99. The molecule has 2 heterocycles. The SMILES string of the molecule is COc1ccc(C2CCCN2C(=O)c2ccc(COc3ccccc3)o2)c(OC)c1. The van der Waals surface area contributed by atoms with Gasteiger partial charge in [0.15, 0.2) is 5.76 Å². The van der Waals surface area contributed by atoms with Gasteiger partial charge in [0.2, 0.25) is 0 Å². The van der Waals surface area contributed by atoms with Gasteiger partial charge in [-0.05, 0) is 49.2 Å². The molecule has 1 atom stereocenters. The van der Waals surface area contributed by atoms with E-state index in [0.717, 1.165) is 35.7 Å². The Morgan fingerprint density at radius 1 is 1.03 bits per heavy atom. The molecule has 1 aromatic heterocycles. The molecule has 3 aromatic rings. The molecule has 0 bridgehead atoms. The second-order valence-corrected chi connectivity index (χ2v) is 7.13. The molecule has 2 aromatic carbocycles. The van der Waals surface area contributed by atoms with Crippen LogP contribution in [0.2, 0.25) is 0 Å². The van der Waals surface area contributed by atoms with Gasteiger partial charge >= 0.3 is 0 Å². The second kappa shape index (κ2) is 8.95. The Morgan fingerprint density at radius 3 is 2.63 bits per heavy atom. The number of methoxy groups -OCH3 is 2. The average Bonchev–Trinajstić information content (AvgIpc) is 3.47. The molecule has 0 N–H and O–H groups in total. The lowest BCUT2D eigenvalue weighted by atomic mass is 10.0. The standard InChI is InChI=1S/C24H25NO5/c1-27-18-10-12-20(23(15-18)28-2)21-9-6-14-25(21)24(26)22-13-11-19(30-22)16-29-17-7-4-3-5-8-17/h3-5,7-8,10-13,15,21H,6,9,14,16H2,1-2H3. The highest BCUT2D eigenvalue weighted by Crippen LogP contribution is 2.39. The summed E-state index contributed by atoms with van der Waals surface area (Å²) in [7, 11) is 3.25. The fourth-order valence-electron chi connectivity index (χ4n) is 3.81. The minimum Gasteiger partial charge on any atom is -0.497 e. The Morgan fingerprint density at radius 2 is 1.87 bits per heavy atom. The van der Waals surface area contributed by atoms with E-state index in [4.69, 9.17) is 18.6 Å². The first-order chi connectivity index (χ1) is 14.7. The smallest absolute Gasteiger partial charge is 0.290 e. The van der Waals surface area contributed by atoms with Gasteiger partial charge in [0.05, 0.1) is 20.3 Å². The molecule has 1 amide bonds. The number of hydrogen-bond acceptors (Lipinski definition) is 5. The molecule has 30 heavy (non-hydrogen) atoms. The van der Waals surface area contributed by atoms with Crippen molar-refractivity contribution in [1.82, 2.24) is 4.90 Å². The zero-order chi connectivity index (χ0) is 20.9. The van der Waals surface area contributed by atoms with Crippen LogP contribution < -0.4 is 14.2 Å². The molecule has 1 unspecified atom stereocenters. The van der Waals surface area contributed by atoms with Crippen LogP contribution in [-0.4, -0.2) is 31.6 Å². The van der Waals surface area contributed by atoms with E-state index in [1.54, 1.807) is 26.4 Å². The number of rotatable bonds is 7. The lowest BCUT2D eigenvalue weighted by Gasteiger charge is -2.25. The Labute approximate surface area is 176 Å². The van der Waals surface area contributed by atoms with Crippen LogP contribution in [0.1, 0.15) is 40.8 Å². The lowest BCUT2D eigenvalue weighted by Crippen LogP contribution is -2.30.